The summed E-state index contributed by atoms with van der Waals surface area (Å²) < 4.78 is 95.0. The standard InChI is InChI=1S/C27H33S.C15H24O3S.C7H8O3S.BF3.FH/c1-19(2)22-7-13-25(14-8-22)28(26-15-9-23(10-16-26)20(3)4)27-17-11-24(12-18-27)21(5)6;1-9(2)12-7-13(10(3)4)15(19(16,17)18)14(8-12)11(5)6;1-6-2-4-7(5-3-6)11(8,9)10;2-1(3)4;/h7-21H,1-6H3;7-11H,1-6H3,(H,16,17,18);2-5H,1H3,(H,8,9,10);;1H/q+1;;;;/p-3. The molecule has 0 aliphatic heterocycles. The van der Waals surface area contributed by atoms with Gasteiger partial charge in [0.15, 0.2) is 14.7 Å². The molecular formula is C49H63BF4O6S3-2. The van der Waals surface area contributed by atoms with Gasteiger partial charge in [-0.25, -0.2) is 16.8 Å². The van der Waals surface area contributed by atoms with Crippen molar-refractivity contribution in [2.75, 3.05) is 0 Å². The number of halogens is 4. The van der Waals surface area contributed by atoms with Gasteiger partial charge in [0.1, 0.15) is 20.2 Å². The third kappa shape index (κ3) is 18.2. The van der Waals surface area contributed by atoms with Crippen molar-refractivity contribution < 1.29 is 43.6 Å². The van der Waals surface area contributed by atoms with Crippen LogP contribution in [0.15, 0.2) is 134 Å². The Balaban J connectivity index is 0.000000489. The van der Waals surface area contributed by atoms with Gasteiger partial charge in [-0.05, 0) is 124 Å². The lowest BCUT2D eigenvalue weighted by atomic mass is 9.89. The van der Waals surface area contributed by atoms with Gasteiger partial charge in [-0.3, -0.25) is 12.9 Å². The van der Waals surface area contributed by atoms with E-state index in [0.717, 1.165) is 11.1 Å². The zero-order valence-electron chi connectivity index (χ0n) is 38.6. The molecule has 6 nitrogen and oxygen atoms in total. The monoisotopic (exact) mass is 930 g/mol. The average Bonchev–Trinajstić information content (AvgIpc) is 3.17. The Morgan fingerprint density at radius 2 is 0.714 bits per heavy atom. The fourth-order valence-corrected chi connectivity index (χ4v) is 9.94. The summed E-state index contributed by atoms with van der Waals surface area (Å²) in [4.78, 5) is 3.97. The molecule has 5 aromatic rings. The highest BCUT2D eigenvalue weighted by molar-refractivity contribution is 7.97. The van der Waals surface area contributed by atoms with Gasteiger partial charge in [-0.1, -0.05) is 149 Å². The molecule has 0 heterocycles. The van der Waals surface area contributed by atoms with E-state index in [1.807, 2.05) is 46.8 Å². The molecule has 0 saturated heterocycles. The molecule has 0 N–H and O–H groups in total. The number of aryl methyl sites for hydroxylation is 1. The molecule has 0 aliphatic rings. The maximum Gasteiger partial charge on any atom is 0.762 e. The largest absolute Gasteiger partial charge is 1.00 e. The van der Waals surface area contributed by atoms with E-state index in [9.17, 15) is 38.9 Å². The topological polar surface area (TPSA) is 114 Å². The van der Waals surface area contributed by atoms with E-state index >= 15 is 0 Å². The number of benzene rings is 5. The van der Waals surface area contributed by atoms with Gasteiger partial charge in [0.25, 0.3) is 0 Å². The fourth-order valence-electron chi connectivity index (χ4n) is 6.26. The van der Waals surface area contributed by atoms with Gasteiger partial charge in [0, 0.05) is 0 Å². The molecular weight excluding hydrogens is 868 g/mol. The predicted octanol–water partition coefficient (Wildman–Crippen LogP) is 10.9. The lowest BCUT2D eigenvalue weighted by Gasteiger charge is -2.24. The Morgan fingerprint density at radius 1 is 0.444 bits per heavy atom. The van der Waals surface area contributed by atoms with E-state index in [2.05, 4.69) is 128 Å². The van der Waals surface area contributed by atoms with Crippen molar-refractivity contribution in [1.82, 2.24) is 0 Å². The number of hydrogen-bond acceptors (Lipinski definition) is 6. The second-order valence-corrected chi connectivity index (χ2v) is 21.7. The first-order valence-electron chi connectivity index (χ1n) is 20.8. The van der Waals surface area contributed by atoms with E-state index in [4.69, 9.17) is 0 Å². The summed E-state index contributed by atoms with van der Waals surface area (Å²) >= 11 is 0. The van der Waals surface area contributed by atoms with Gasteiger partial charge in [-0.2, -0.15) is 0 Å². The van der Waals surface area contributed by atoms with Crippen LogP contribution in [0.2, 0.25) is 0 Å². The van der Waals surface area contributed by atoms with E-state index in [1.165, 1.54) is 43.5 Å². The van der Waals surface area contributed by atoms with Crippen molar-refractivity contribution in [3.63, 3.8) is 0 Å². The van der Waals surface area contributed by atoms with Crippen molar-refractivity contribution in [3.05, 3.63) is 148 Å². The van der Waals surface area contributed by atoms with Gasteiger partial charge >= 0.3 is 7.54 Å². The third-order valence-corrected chi connectivity index (χ3v) is 14.0. The molecule has 63 heavy (non-hydrogen) atoms. The van der Waals surface area contributed by atoms with Crippen molar-refractivity contribution >= 4 is 38.7 Å². The first kappa shape index (κ1) is 57.1. The maximum absolute atomic E-state index is 11.6. The minimum Gasteiger partial charge on any atom is -1.00 e. The molecule has 0 unspecified atom stereocenters. The van der Waals surface area contributed by atoms with Gasteiger partial charge in [0.05, 0.1) is 20.7 Å². The van der Waals surface area contributed by atoms with Crippen LogP contribution in [-0.4, -0.2) is 33.5 Å². The second kappa shape index (κ2) is 25.5. The highest BCUT2D eigenvalue weighted by Gasteiger charge is 2.29. The van der Waals surface area contributed by atoms with Crippen LogP contribution in [0.4, 0.5) is 12.9 Å². The summed E-state index contributed by atoms with van der Waals surface area (Å²) in [5.74, 6) is 2.01. The summed E-state index contributed by atoms with van der Waals surface area (Å²) in [5, 5.41) is 0. The zero-order chi connectivity index (χ0) is 47.3. The van der Waals surface area contributed by atoms with Gasteiger partial charge < -0.3 is 13.8 Å². The second-order valence-electron chi connectivity index (χ2n) is 16.9. The lowest BCUT2D eigenvalue weighted by Crippen LogP contribution is -3.00. The molecule has 0 spiro atoms. The Kier molecular flexibility index (Phi) is 23.1. The van der Waals surface area contributed by atoms with Gasteiger partial charge in [-0.15, -0.1) is 0 Å². The van der Waals surface area contributed by atoms with Crippen LogP contribution in [0.3, 0.4) is 0 Å². The van der Waals surface area contributed by atoms with E-state index < -0.39 is 27.8 Å². The molecule has 5 aromatic carbocycles. The third-order valence-electron chi connectivity index (χ3n) is 9.99. The molecule has 0 radical (unpaired) electrons. The summed E-state index contributed by atoms with van der Waals surface area (Å²) in [6, 6.07) is 37.2. The molecule has 0 saturated carbocycles. The van der Waals surface area contributed by atoms with Crippen molar-refractivity contribution in [2.45, 2.75) is 150 Å². The predicted molar refractivity (Wildman–Crippen MR) is 249 cm³/mol. The van der Waals surface area contributed by atoms with Crippen LogP contribution < -0.4 is 4.70 Å². The van der Waals surface area contributed by atoms with Crippen LogP contribution >= 0.6 is 0 Å². The van der Waals surface area contributed by atoms with Crippen molar-refractivity contribution in [3.8, 4) is 0 Å². The van der Waals surface area contributed by atoms with Gasteiger partial charge in [0.2, 0.25) is 0 Å². The highest BCUT2D eigenvalue weighted by Crippen LogP contribution is 2.36. The summed E-state index contributed by atoms with van der Waals surface area (Å²) in [6.07, 6.45) is 0. The summed E-state index contributed by atoms with van der Waals surface area (Å²) in [7, 11) is -12.5. The van der Waals surface area contributed by atoms with E-state index in [-0.39, 0.29) is 37.2 Å². The smallest absolute Gasteiger partial charge is 0.762 e. The molecule has 0 fully saturated rings. The molecule has 0 bridgehead atoms. The summed E-state index contributed by atoms with van der Waals surface area (Å²) in [5.41, 5.74) is 7.50. The molecule has 346 valence electrons. The van der Waals surface area contributed by atoms with Crippen LogP contribution in [0.1, 0.15) is 158 Å². The molecule has 0 aromatic heterocycles. The number of hydrogen-bond donors (Lipinski definition) is 0. The highest BCUT2D eigenvalue weighted by atomic mass is 32.2. The lowest BCUT2D eigenvalue weighted by molar-refractivity contribution is -0.0000246. The van der Waals surface area contributed by atoms with Crippen LogP contribution in [0, 0.1) is 6.92 Å². The van der Waals surface area contributed by atoms with E-state index in [1.54, 1.807) is 12.1 Å². The molecule has 5 rings (SSSR count). The van der Waals surface area contributed by atoms with Crippen LogP contribution in [-0.2, 0) is 31.1 Å². The number of rotatable bonds is 11. The van der Waals surface area contributed by atoms with Crippen LogP contribution in [0.25, 0.3) is 0 Å². The first-order chi connectivity index (χ1) is 28.6. The molecule has 0 atom stereocenters. The molecule has 0 aliphatic carbocycles. The normalized spacial score (nSPS) is 11.5. The Labute approximate surface area is 378 Å². The minimum absolute atomic E-state index is 0. The minimum atomic E-state index is -4.45. The zero-order valence-corrected chi connectivity index (χ0v) is 41.1. The quantitative estimate of drug-likeness (QED) is 0.0564. The SMILES string of the molecule is CC(C)c1cc(C(C)C)c(S(=O)(=O)[O-])c(C(C)C)c1.CC(C)c1ccc([S+](c2ccc(C(C)C)cc2)c2ccc(C(C)C)cc2)cc1.Cc1ccc(S(=O)(=O)[O-])cc1.FB(F)F.[F-]. The average molecular weight is 931 g/mol. The van der Waals surface area contributed by atoms with Crippen molar-refractivity contribution in [2.24, 2.45) is 0 Å². The Hall–Kier alpha value is -3.95. The Bertz CT molecular complexity index is 2200. The molecule has 14 heteroatoms. The van der Waals surface area contributed by atoms with Crippen LogP contribution in [0.5, 0.6) is 0 Å². The first-order valence-corrected chi connectivity index (χ1v) is 24.8. The Morgan fingerprint density at radius 3 is 0.921 bits per heavy atom. The van der Waals surface area contributed by atoms with E-state index in [0.29, 0.717) is 34.8 Å². The maximum atomic E-state index is 11.6. The summed E-state index contributed by atoms with van der Waals surface area (Å²) in [6.45, 7) is 27.1. The molecule has 0 amide bonds. The van der Waals surface area contributed by atoms with Crippen molar-refractivity contribution in [1.29, 1.82) is 0 Å². The fraction of sp³-hybridized carbons (Fsp3) is 0.388.